The first kappa shape index (κ1) is 17.0. The first-order valence-electron chi connectivity index (χ1n) is 9.89. The van der Waals surface area contributed by atoms with E-state index < -0.39 is 0 Å². The van der Waals surface area contributed by atoms with Gasteiger partial charge in [0, 0.05) is 44.6 Å². The van der Waals surface area contributed by atoms with Crippen molar-refractivity contribution < 1.29 is 9.53 Å². The number of carbonyl (C=O) groups excluding carboxylic acids is 1. The van der Waals surface area contributed by atoms with Gasteiger partial charge in [0.25, 0.3) is 0 Å². The maximum absolute atomic E-state index is 12.3. The average molecular weight is 346 g/mol. The molecule has 2 aliphatic heterocycles. The number of rotatable bonds is 4. The van der Waals surface area contributed by atoms with E-state index in [0.29, 0.717) is 24.5 Å². The monoisotopic (exact) mass is 346 g/mol. The number of hydrogen-bond acceptors (Lipinski definition) is 4. The third-order valence-electron chi connectivity index (χ3n) is 6.05. The topological polar surface area (TPSA) is 59.4 Å². The van der Waals surface area contributed by atoms with Crippen LogP contribution >= 0.6 is 0 Å². The Hall–Kier alpha value is -1.40. The Morgan fingerprint density at radius 2 is 2.00 bits per heavy atom. The van der Waals surface area contributed by atoms with E-state index in [1.165, 1.54) is 12.8 Å². The molecular weight excluding hydrogens is 316 g/mol. The Kier molecular flexibility index (Phi) is 5.08. The normalized spacial score (nSPS) is 25.9. The van der Waals surface area contributed by atoms with E-state index in [1.807, 2.05) is 0 Å². The van der Waals surface area contributed by atoms with Crippen molar-refractivity contribution in [1.82, 2.24) is 19.8 Å². The minimum absolute atomic E-state index is 0.122. The Balaban J connectivity index is 1.39. The van der Waals surface area contributed by atoms with Gasteiger partial charge in [0.15, 0.2) is 0 Å². The van der Waals surface area contributed by atoms with Crippen LogP contribution in [0.2, 0.25) is 0 Å². The summed E-state index contributed by atoms with van der Waals surface area (Å²) in [5, 5.41) is 3.17. The number of carbonyl (C=O) groups is 1. The highest BCUT2D eigenvalue weighted by Gasteiger charge is 2.32. The smallest absolute Gasteiger partial charge is 0.226 e. The molecule has 1 aliphatic carbocycles. The SMILES string of the molecule is C[C@@H]1c2nc(CC(=O)NC3CCCC3)cn2CCN1C1CCOCC1. The molecule has 25 heavy (non-hydrogen) atoms. The second kappa shape index (κ2) is 7.46. The molecule has 1 N–H and O–H groups in total. The van der Waals surface area contributed by atoms with E-state index in [0.717, 1.165) is 63.5 Å². The molecule has 0 radical (unpaired) electrons. The molecule has 1 saturated carbocycles. The number of aromatic nitrogens is 2. The number of fused-ring (bicyclic) bond motifs is 1. The summed E-state index contributed by atoms with van der Waals surface area (Å²) < 4.78 is 7.75. The largest absolute Gasteiger partial charge is 0.381 e. The molecule has 1 aromatic rings. The minimum Gasteiger partial charge on any atom is -0.381 e. The fraction of sp³-hybridized carbons (Fsp3) is 0.789. The number of imidazole rings is 1. The van der Waals surface area contributed by atoms with Gasteiger partial charge in [-0.3, -0.25) is 9.69 Å². The van der Waals surface area contributed by atoms with Gasteiger partial charge in [-0.05, 0) is 32.6 Å². The van der Waals surface area contributed by atoms with Gasteiger partial charge in [-0.2, -0.15) is 0 Å². The minimum atomic E-state index is 0.122. The lowest BCUT2D eigenvalue weighted by molar-refractivity contribution is -0.121. The summed E-state index contributed by atoms with van der Waals surface area (Å²) in [6.07, 6.45) is 9.45. The Labute approximate surface area is 149 Å². The molecule has 138 valence electrons. The molecule has 1 atom stereocenters. The third-order valence-corrected chi connectivity index (χ3v) is 6.05. The van der Waals surface area contributed by atoms with Gasteiger partial charge in [-0.25, -0.2) is 4.98 Å². The Bertz CT molecular complexity index is 603. The van der Waals surface area contributed by atoms with E-state index in [-0.39, 0.29) is 5.91 Å². The summed E-state index contributed by atoms with van der Waals surface area (Å²) >= 11 is 0. The van der Waals surface area contributed by atoms with Crippen LogP contribution in [0.3, 0.4) is 0 Å². The van der Waals surface area contributed by atoms with Gasteiger partial charge in [0.1, 0.15) is 5.82 Å². The molecule has 0 aromatic carbocycles. The van der Waals surface area contributed by atoms with Crippen molar-refractivity contribution in [1.29, 1.82) is 0 Å². The first-order valence-corrected chi connectivity index (χ1v) is 9.89. The van der Waals surface area contributed by atoms with Gasteiger partial charge >= 0.3 is 0 Å². The van der Waals surface area contributed by atoms with Crippen LogP contribution in [0.4, 0.5) is 0 Å². The zero-order valence-corrected chi connectivity index (χ0v) is 15.2. The number of ether oxygens (including phenoxy) is 1. The highest BCUT2D eigenvalue weighted by Crippen LogP contribution is 2.30. The summed E-state index contributed by atoms with van der Waals surface area (Å²) in [5.41, 5.74) is 0.908. The molecule has 1 aromatic heterocycles. The van der Waals surface area contributed by atoms with Crippen molar-refractivity contribution in [3.63, 3.8) is 0 Å². The summed E-state index contributed by atoms with van der Waals surface area (Å²) in [6, 6.07) is 1.29. The molecule has 3 heterocycles. The summed E-state index contributed by atoms with van der Waals surface area (Å²) in [6.45, 7) is 6.01. The molecule has 1 amide bonds. The van der Waals surface area contributed by atoms with Crippen LogP contribution in [0.5, 0.6) is 0 Å². The molecule has 4 rings (SSSR count). The lowest BCUT2D eigenvalue weighted by Crippen LogP contribution is -2.45. The maximum atomic E-state index is 12.3. The number of amides is 1. The first-order chi connectivity index (χ1) is 12.2. The molecule has 2 fully saturated rings. The second-order valence-electron chi connectivity index (χ2n) is 7.77. The van der Waals surface area contributed by atoms with E-state index in [2.05, 4.69) is 27.9 Å². The second-order valence-corrected chi connectivity index (χ2v) is 7.77. The Morgan fingerprint density at radius 1 is 1.24 bits per heavy atom. The Morgan fingerprint density at radius 3 is 2.76 bits per heavy atom. The van der Waals surface area contributed by atoms with Crippen LogP contribution in [-0.2, 0) is 22.5 Å². The lowest BCUT2D eigenvalue weighted by atomic mass is 10.0. The summed E-state index contributed by atoms with van der Waals surface area (Å²) in [7, 11) is 0. The fourth-order valence-electron chi connectivity index (χ4n) is 4.68. The molecule has 1 saturated heterocycles. The molecule has 6 nitrogen and oxygen atoms in total. The van der Waals surface area contributed by atoms with Crippen LogP contribution in [0.1, 0.15) is 63.0 Å². The molecule has 0 spiro atoms. The van der Waals surface area contributed by atoms with Crippen molar-refractivity contribution >= 4 is 5.91 Å². The van der Waals surface area contributed by atoms with Crippen LogP contribution in [0.25, 0.3) is 0 Å². The standard InChI is InChI=1S/C19H30N4O2/c1-14-19-21-16(12-18(24)20-15-4-2-3-5-15)13-22(19)8-9-23(14)17-6-10-25-11-7-17/h13-15,17H,2-12H2,1H3,(H,20,24)/t14-/m1/s1. The van der Waals surface area contributed by atoms with E-state index in [9.17, 15) is 4.79 Å². The lowest BCUT2D eigenvalue weighted by Gasteiger charge is -2.41. The van der Waals surface area contributed by atoms with Gasteiger partial charge < -0.3 is 14.6 Å². The predicted molar refractivity (Wildman–Crippen MR) is 95.3 cm³/mol. The van der Waals surface area contributed by atoms with Crippen molar-refractivity contribution in [2.45, 2.75) is 76.5 Å². The molecule has 3 aliphatic rings. The molecule has 0 bridgehead atoms. The fourth-order valence-corrected chi connectivity index (χ4v) is 4.68. The number of nitrogens with one attached hydrogen (secondary N) is 1. The van der Waals surface area contributed by atoms with Crippen molar-refractivity contribution in [2.75, 3.05) is 19.8 Å². The van der Waals surface area contributed by atoms with Gasteiger partial charge in [0.05, 0.1) is 18.2 Å². The highest BCUT2D eigenvalue weighted by atomic mass is 16.5. The van der Waals surface area contributed by atoms with Crippen LogP contribution < -0.4 is 5.32 Å². The van der Waals surface area contributed by atoms with Crippen LogP contribution in [0, 0.1) is 0 Å². The van der Waals surface area contributed by atoms with Crippen LogP contribution in [-0.4, -0.2) is 52.2 Å². The average Bonchev–Trinajstić information content (AvgIpc) is 3.25. The highest BCUT2D eigenvalue weighted by molar-refractivity contribution is 5.78. The summed E-state index contributed by atoms with van der Waals surface area (Å²) in [4.78, 5) is 19.7. The van der Waals surface area contributed by atoms with E-state index >= 15 is 0 Å². The van der Waals surface area contributed by atoms with Crippen molar-refractivity contribution in [3.8, 4) is 0 Å². The van der Waals surface area contributed by atoms with Gasteiger partial charge in [-0.1, -0.05) is 12.8 Å². The van der Waals surface area contributed by atoms with E-state index in [1.54, 1.807) is 0 Å². The molecule has 0 unspecified atom stereocenters. The molecule has 6 heteroatoms. The van der Waals surface area contributed by atoms with Crippen molar-refractivity contribution in [2.24, 2.45) is 0 Å². The summed E-state index contributed by atoms with van der Waals surface area (Å²) in [5.74, 6) is 1.23. The van der Waals surface area contributed by atoms with Crippen molar-refractivity contribution in [3.05, 3.63) is 17.7 Å². The number of hydrogen-bond donors (Lipinski definition) is 1. The van der Waals surface area contributed by atoms with Gasteiger partial charge in [0.2, 0.25) is 5.91 Å². The van der Waals surface area contributed by atoms with E-state index in [4.69, 9.17) is 9.72 Å². The number of nitrogens with zero attached hydrogens (tertiary/aromatic N) is 3. The predicted octanol–water partition coefficient (Wildman–Crippen LogP) is 2.04. The van der Waals surface area contributed by atoms with Crippen LogP contribution in [0.15, 0.2) is 6.20 Å². The molecular formula is C19H30N4O2. The zero-order valence-electron chi connectivity index (χ0n) is 15.2. The third kappa shape index (κ3) is 3.75. The quantitative estimate of drug-likeness (QED) is 0.906. The maximum Gasteiger partial charge on any atom is 0.226 e. The van der Waals surface area contributed by atoms with Gasteiger partial charge in [-0.15, -0.1) is 0 Å². The zero-order chi connectivity index (χ0) is 17.2.